The first-order chi connectivity index (χ1) is 8.41. The lowest BCUT2D eigenvalue weighted by Gasteiger charge is -2.31. The number of carbonyl (C=O) groups excluding carboxylic acids is 1. The zero-order valence-corrected chi connectivity index (χ0v) is 11.2. The van der Waals surface area contributed by atoms with Crippen LogP contribution in [0.2, 0.25) is 0 Å². The van der Waals surface area contributed by atoms with Crippen LogP contribution in [0.4, 0.5) is 4.79 Å². The fourth-order valence-electron chi connectivity index (χ4n) is 1.58. The fourth-order valence-corrected chi connectivity index (χ4v) is 1.58. The number of urea groups is 1. The molecule has 1 heterocycles. The number of carbonyl (C=O) groups is 2. The Balaban J connectivity index is 2.39. The Bertz CT molecular complexity index is 306. The third-order valence-electron chi connectivity index (χ3n) is 3.34. The molecule has 0 bridgehead atoms. The van der Waals surface area contributed by atoms with E-state index < -0.39 is 12.1 Å². The normalized spacial score (nSPS) is 21.8. The van der Waals surface area contributed by atoms with Crippen molar-refractivity contribution < 1.29 is 19.4 Å². The number of hydrogen-bond acceptors (Lipinski definition) is 3. The molecule has 0 radical (unpaired) electrons. The van der Waals surface area contributed by atoms with Gasteiger partial charge in [0, 0.05) is 13.1 Å². The molecule has 1 fully saturated rings. The molecule has 18 heavy (non-hydrogen) atoms. The molecule has 1 aliphatic heterocycles. The first kappa shape index (κ1) is 14.8. The highest BCUT2D eigenvalue weighted by molar-refractivity contribution is 5.77. The highest BCUT2D eigenvalue weighted by Crippen LogP contribution is 2.09. The number of aliphatic carboxylic acids is 1. The van der Waals surface area contributed by atoms with Gasteiger partial charge in [0.2, 0.25) is 0 Å². The van der Waals surface area contributed by atoms with Crippen LogP contribution in [0.25, 0.3) is 0 Å². The van der Waals surface area contributed by atoms with Gasteiger partial charge in [-0.1, -0.05) is 20.8 Å². The molecule has 2 amide bonds. The Kier molecular flexibility index (Phi) is 5.40. The summed E-state index contributed by atoms with van der Waals surface area (Å²) in [5.74, 6) is -0.130. The van der Waals surface area contributed by atoms with Gasteiger partial charge in [0.15, 0.2) is 6.10 Å². The van der Waals surface area contributed by atoms with Crippen molar-refractivity contribution in [1.29, 1.82) is 0 Å². The zero-order chi connectivity index (χ0) is 13.7. The highest BCUT2D eigenvalue weighted by atomic mass is 16.5. The van der Waals surface area contributed by atoms with Crippen molar-refractivity contribution in [2.45, 2.75) is 26.9 Å². The van der Waals surface area contributed by atoms with Crippen molar-refractivity contribution in [2.75, 3.05) is 26.2 Å². The second-order valence-electron chi connectivity index (χ2n) is 5.05. The SMILES string of the molecule is CC(C)C(C)CNC(=O)N1CCOC(C(=O)O)C1. The molecule has 1 saturated heterocycles. The number of amides is 2. The van der Waals surface area contributed by atoms with E-state index in [1.54, 1.807) is 0 Å². The zero-order valence-electron chi connectivity index (χ0n) is 11.2. The van der Waals surface area contributed by atoms with E-state index >= 15 is 0 Å². The van der Waals surface area contributed by atoms with Crippen molar-refractivity contribution >= 4 is 12.0 Å². The third kappa shape index (κ3) is 4.18. The number of carboxylic acid groups (broad SMARTS) is 1. The summed E-state index contributed by atoms with van der Waals surface area (Å²) < 4.78 is 5.06. The summed E-state index contributed by atoms with van der Waals surface area (Å²) in [5.41, 5.74) is 0. The summed E-state index contributed by atoms with van der Waals surface area (Å²) in [7, 11) is 0. The summed E-state index contributed by atoms with van der Waals surface area (Å²) in [6.45, 7) is 7.70. The van der Waals surface area contributed by atoms with E-state index in [1.807, 2.05) is 0 Å². The number of hydrogen-bond donors (Lipinski definition) is 2. The average Bonchev–Trinajstić information content (AvgIpc) is 2.35. The van der Waals surface area contributed by atoms with Gasteiger partial charge >= 0.3 is 12.0 Å². The van der Waals surface area contributed by atoms with Crippen LogP contribution in [-0.2, 0) is 9.53 Å². The van der Waals surface area contributed by atoms with Crippen LogP contribution in [0.5, 0.6) is 0 Å². The predicted octanol–water partition coefficient (Wildman–Crippen LogP) is 0.773. The smallest absolute Gasteiger partial charge is 0.334 e. The van der Waals surface area contributed by atoms with Crippen molar-refractivity contribution in [3.05, 3.63) is 0 Å². The van der Waals surface area contributed by atoms with Crippen molar-refractivity contribution in [3.63, 3.8) is 0 Å². The highest BCUT2D eigenvalue weighted by Gasteiger charge is 2.28. The maximum absolute atomic E-state index is 11.9. The molecule has 0 aliphatic carbocycles. The van der Waals surface area contributed by atoms with Crippen molar-refractivity contribution in [1.82, 2.24) is 10.2 Å². The number of carboxylic acids is 1. The summed E-state index contributed by atoms with van der Waals surface area (Å²) in [4.78, 5) is 24.1. The topological polar surface area (TPSA) is 78.9 Å². The molecule has 1 rings (SSSR count). The fraction of sp³-hybridized carbons (Fsp3) is 0.833. The molecule has 0 saturated carbocycles. The Morgan fingerprint density at radius 2 is 2.11 bits per heavy atom. The Morgan fingerprint density at radius 3 is 2.67 bits per heavy atom. The predicted molar refractivity (Wildman–Crippen MR) is 66.3 cm³/mol. The largest absolute Gasteiger partial charge is 0.479 e. The van der Waals surface area contributed by atoms with Crippen LogP contribution >= 0.6 is 0 Å². The number of rotatable bonds is 4. The second kappa shape index (κ2) is 6.58. The molecular weight excluding hydrogens is 236 g/mol. The van der Waals surface area contributed by atoms with Crippen LogP contribution in [-0.4, -0.2) is 54.4 Å². The van der Waals surface area contributed by atoms with Crippen LogP contribution < -0.4 is 5.32 Å². The molecule has 2 atom stereocenters. The lowest BCUT2D eigenvalue weighted by molar-refractivity contribution is -0.154. The van der Waals surface area contributed by atoms with E-state index in [9.17, 15) is 9.59 Å². The maximum Gasteiger partial charge on any atom is 0.334 e. The summed E-state index contributed by atoms with van der Waals surface area (Å²) in [5, 5.41) is 11.7. The number of nitrogens with one attached hydrogen (secondary N) is 1. The summed E-state index contributed by atoms with van der Waals surface area (Å²) >= 11 is 0. The standard InChI is InChI=1S/C12H22N2O4/c1-8(2)9(3)6-13-12(17)14-4-5-18-10(7-14)11(15)16/h8-10H,4-7H2,1-3H3,(H,13,17)(H,15,16). The van der Waals surface area contributed by atoms with Crippen molar-refractivity contribution in [3.8, 4) is 0 Å². The third-order valence-corrected chi connectivity index (χ3v) is 3.34. The summed E-state index contributed by atoms with van der Waals surface area (Å²) in [6, 6.07) is -0.211. The first-order valence-corrected chi connectivity index (χ1v) is 6.29. The van der Waals surface area contributed by atoms with Gasteiger partial charge in [-0.25, -0.2) is 9.59 Å². The minimum absolute atomic E-state index is 0.108. The Labute approximate surface area is 107 Å². The first-order valence-electron chi connectivity index (χ1n) is 6.29. The van der Waals surface area contributed by atoms with Crippen LogP contribution in [0, 0.1) is 11.8 Å². The molecule has 6 heteroatoms. The van der Waals surface area contributed by atoms with E-state index in [0.29, 0.717) is 24.9 Å². The molecule has 0 spiro atoms. The lowest BCUT2D eigenvalue weighted by Crippen LogP contribution is -2.52. The van der Waals surface area contributed by atoms with Gasteiger partial charge in [-0.2, -0.15) is 0 Å². The van der Waals surface area contributed by atoms with Crippen molar-refractivity contribution in [2.24, 2.45) is 11.8 Å². The molecule has 104 valence electrons. The minimum atomic E-state index is -1.02. The minimum Gasteiger partial charge on any atom is -0.479 e. The average molecular weight is 258 g/mol. The number of morpholine rings is 1. The molecule has 1 aliphatic rings. The van der Waals surface area contributed by atoms with Gasteiger partial charge in [0.05, 0.1) is 13.2 Å². The Hall–Kier alpha value is -1.30. The van der Waals surface area contributed by atoms with Gasteiger partial charge in [-0.15, -0.1) is 0 Å². The maximum atomic E-state index is 11.9. The molecule has 0 aromatic carbocycles. The quantitative estimate of drug-likeness (QED) is 0.780. The number of nitrogens with zero attached hydrogens (tertiary/aromatic N) is 1. The van der Waals surface area contributed by atoms with Crippen LogP contribution in [0.3, 0.4) is 0 Å². The van der Waals surface area contributed by atoms with Gasteiger partial charge < -0.3 is 20.1 Å². The van der Waals surface area contributed by atoms with Gasteiger partial charge in [-0.3, -0.25) is 0 Å². The molecule has 0 aromatic heterocycles. The molecule has 6 nitrogen and oxygen atoms in total. The van der Waals surface area contributed by atoms with E-state index in [4.69, 9.17) is 9.84 Å². The van der Waals surface area contributed by atoms with E-state index in [2.05, 4.69) is 26.1 Å². The van der Waals surface area contributed by atoms with Gasteiger partial charge in [0.1, 0.15) is 0 Å². The van der Waals surface area contributed by atoms with Gasteiger partial charge in [-0.05, 0) is 11.8 Å². The summed E-state index contributed by atoms with van der Waals surface area (Å²) in [6.07, 6.45) is -0.910. The van der Waals surface area contributed by atoms with E-state index in [-0.39, 0.29) is 19.2 Å². The van der Waals surface area contributed by atoms with E-state index in [1.165, 1.54) is 4.90 Å². The second-order valence-corrected chi connectivity index (χ2v) is 5.05. The Morgan fingerprint density at radius 1 is 1.44 bits per heavy atom. The van der Waals surface area contributed by atoms with E-state index in [0.717, 1.165) is 0 Å². The number of ether oxygens (including phenoxy) is 1. The molecule has 0 aromatic rings. The van der Waals surface area contributed by atoms with Crippen LogP contribution in [0.1, 0.15) is 20.8 Å². The van der Waals surface area contributed by atoms with Gasteiger partial charge in [0.25, 0.3) is 0 Å². The molecular formula is C12H22N2O4. The monoisotopic (exact) mass is 258 g/mol. The lowest BCUT2D eigenvalue weighted by atomic mass is 9.98. The van der Waals surface area contributed by atoms with Crippen LogP contribution in [0.15, 0.2) is 0 Å². The molecule has 2 unspecified atom stereocenters. The molecule has 2 N–H and O–H groups in total.